The van der Waals surface area contributed by atoms with Gasteiger partial charge in [0.2, 0.25) is 0 Å². The SMILES string of the molecule is CCNC(=NCCNC(=O)OC(C)(C)C)NC1CCc2nc(COC)nn2C1.I. The molecule has 1 aliphatic rings. The number of hydrogen-bond donors (Lipinski definition) is 3. The number of nitrogens with one attached hydrogen (secondary N) is 3. The second-order valence-corrected chi connectivity index (χ2v) is 7.63. The molecule has 2 rings (SSSR count). The topological polar surface area (TPSA) is 115 Å². The lowest BCUT2D eigenvalue weighted by molar-refractivity contribution is 0.0529. The van der Waals surface area contributed by atoms with Gasteiger partial charge in [-0.05, 0) is 34.1 Å². The number of fused-ring (bicyclic) bond motifs is 1. The van der Waals surface area contributed by atoms with Gasteiger partial charge < -0.3 is 25.4 Å². The number of carbonyl (C=O) groups is 1. The number of aliphatic imine (C=N–C) groups is 1. The third-order valence-corrected chi connectivity index (χ3v) is 3.91. The van der Waals surface area contributed by atoms with Crippen LogP contribution in [0.5, 0.6) is 0 Å². The van der Waals surface area contributed by atoms with Crippen molar-refractivity contribution in [3.05, 3.63) is 11.6 Å². The Kier molecular flexibility index (Phi) is 10.6. The van der Waals surface area contributed by atoms with Gasteiger partial charge in [0.1, 0.15) is 18.0 Å². The van der Waals surface area contributed by atoms with Gasteiger partial charge >= 0.3 is 6.09 Å². The molecule has 10 nitrogen and oxygen atoms in total. The van der Waals surface area contributed by atoms with E-state index in [9.17, 15) is 4.79 Å². The predicted octanol–water partition coefficient (Wildman–Crippen LogP) is 1.44. The number of halogens is 1. The summed E-state index contributed by atoms with van der Waals surface area (Å²) in [5.41, 5.74) is -0.506. The van der Waals surface area contributed by atoms with E-state index >= 15 is 0 Å². The van der Waals surface area contributed by atoms with E-state index in [0.717, 1.165) is 37.7 Å². The number of guanidine groups is 1. The van der Waals surface area contributed by atoms with Crippen molar-refractivity contribution in [3.63, 3.8) is 0 Å². The lowest BCUT2D eigenvalue weighted by Crippen LogP contribution is -2.47. The fourth-order valence-electron chi connectivity index (χ4n) is 2.82. The van der Waals surface area contributed by atoms with Crippen molar-refractivity contribution >= 4 is 36.0 Å². The fraction of sp³-hybridized carbons (Fsp3) is 0.778. The molecule has 0 saturated heterocycles. The number of nitrogens with zero attached hydrogens (tertiary/aromatic N) is 4. The lowest BCUT2D eigenvalue weighted by Gasteiger charge is -2.25. The first-order valence-electron chi connectivity index (χ1n) is 9.74. The van der Waals surface area contributed by atoms with Crippen LogP contribution in [0.25, 0.3) is 0 Å². The number of amides is 1. The average molecular weight is 523 g/mol. The Balaban J connectivity index is 0.00000420. The molecule has 2 heterocycles. The first-order valence-corrected chi connectivity index (χ1v) is 9.74. The molecule has 0 aliphatic carbocycles. The van der Waals surface area contributed by atoms with Crippen molar-refractivity contribution < 1.29 is 14.3 Å². The Labute approximate surface area is 189 Å². The molecule has 1 aliphatic heterocycles. The van der Waals surface area contributed by atoms with Crippen LogP contribution in [-0.4, -0.2) is 65.2 Å². The summed E-state index contributed by atoms with van der Waals surface area (Å²) in [6, 6.07) is 0.209. The summed E-state index contributed by atoms with van der Waals surface area (Å²) in [6.45, 7) is 10.3. The van der Waals surface area contributed by atoms with E-state index in [-0.39, 0.29) is 30.0 Å². The number of aromatic nitrogens is 3. The van der Waals surface area contributed by atoms with Crippen LogP contribution < -0.4 is 16.0 Å². The van der Waals surface area contributed by atoms with Crippen LogP contribution in [0.2, 0.25) is 0 Å². The molecule has 1 aromatic heterocycles. The molecular weight excluding hydrogens is 489 g/mol. The first-order chi connectivity index (χ1) is 13.3. The van der Waals surface area contributed by atoms with Crippen molar-refractivity contribution in [1.29, 1.82) is 0 Å². The fourth-order valence-corrected chi connectivity index (χ4v) is 2.82. The van der Waals surface area contributed by atoms with Crippen LogP contribution in [0.1, 0.15) is 45.8 Å². The van der Waals surface area contributed by atoms with E-state index in [2.05, 4.69) is 31.0 Å². The minimum atomic E-state index is -0.506. The van der Waals surface area contributed by atoms with Crippen LogP contribution in [-0.2, 0) is 29.0 Å². The van der Waals surface area contributed by atoms with E-state index in [4.69, 9.17) is 9.47 Å². The quantitative estimate of drug-likeness (QED) is 0.215. The highest BCUT2D eigenvalue weighted by atomic mass is 127. The van der Waals surface area contributed by atoms with Gasteiger partial charge in [0.05, 0.1) is 13.1 Å². The zero-order valence-electron chi connectivity index (χ0n) is 17.9. The molecule has 1 aromatic rings. The standard InChI is InChI=1S/C18H33N7O3.HI/c1-6-19-16(20-9-10-21-17(26)28-18(2,3)4)22-13-7-8-15-23-14(12-27-5)24-25(15)11-13;/h13H,6-12H2,1-5H3,(H,21,26)(H2,19,20,22);1H. The number of aryl methyl sites for hydroxylation is 1. The maximum absolute atomic E-state index is 11.7. The molecule has 0 aromatic carbocycles. The van der Waals surface area contributed by atoms with Crippen LogP contribution in [0, 0.1) is 0 Å². The highest BCUT2D eigenvalue weighted by Gasteiger charge is 2.22. The van der Waals surface area contributed by atoms with Crippen molar-refractivity contribution in [2.45, 2.75) is 65.3 Å². The largest absolute Gasteiger partial charge is 0.444 e. The normalized spacial score (nSPS) is 16.4. The molecule has 11 heteroatoms. The van der Waals surface area contributed by atoms with Gasteiger partial charge in [-0.3, -0.25) is 4.99 Å². The van der Waals surface area contributed by atoms with E-state index in [1.807, 2.05) is 32.4 Å². The van der Waals surface area contributed by atoms with Gasteiger partial charge in [-0.25, -0.2) is 14.5 Å². The molecule has 0 radical (unpaired) electrons. The van der Waals surface area contributed by atoms with E-state index in [1.165, 1.54) is 0 Å². The Morgan fingerprint density at radius 3 is 2.76 bits per heavy atom. The van der Waals surface area contributed by atoms with Crippen molar-refractivity contribution in [2.75, 3.05) is 26.7 Å². The average Bonchev–Trinajstić information content (AvgIpc) is 2.99. The summed E-state index contributed by atoms with van der Waals surface area (Å²) in [7, 11) is 1.64. The van der Waals surface area contributed by atoms with Gasteiger partial charge in [0.15, 0.2) is 11.8 Å². The summed E-state index contributed by atoms with van der Waals surface area (Å²) in [4.78, 5) is 20.7. The van der Waals surface area contributed by atoms with Crippen molar-refractivity contribution in [2.24, 2.45) is 4.99 Å². The minimum Gasteiger partial charge on any atom is -0.444 e. The van der Waals surface area contributed by atoms with Gasteiger partial charge in [0, 0.05) is 32.7 Å². The van der Waals surface area contributed by atoms with E-state index < -0.39 is 11.7 Å². The third-order valence-electron chi connectivity index (χ3n) is 3.91. The molecule has 0 spiro atoms. The van der Waals surface area contributed by atoms with Gasteiger partial charge in [0.25, 0.3) is 0 Å². The number of carbonyl (C=O) groups excluding carboxylic acids is 1. The molecular formula is C18H34IN7O3. The summed E-state index contributed by atoms with van der Waals surface area (Å²) in [6.07, 6.45) is 1.37. The van der Waals surface area contributed by atoms with Crippen molar-refractivity contribution in [3.8, 4) is 0 Å². The van der Waals surface area contributed by atoms with E-state index in [1.54, 1.807) is 7.11 Å². The summed E-state index contributed by atoms with van der Waals surface area (Å²) < 4.78 is 12.3. The Bertz CT molecular complexity index is 673. The summed E-state index contributed by atoms with van der Waals surface area (Å²) >= 11 is 0. The van der Waals surface area contributed by atoms with Crippen LogP contribution >= 0.6 is 24.0 Å². The minimum absolute atomic E-state index is 0. The number of ether oxygens (including phenoxy) is 2. The number of hydrogen-bond acceptors (Lipinski definition) is 6. The molecule has 1 atom stereocenters. The number of alkyl carbamates (subject to hydrolysis) is 1. The molecule has 0 fully saturated rings. The second kappa shape index (κ2) is 12.2. The molecule has 166 valence electrons. The van der Waals surface area contributed by atoms with Gasteiger partial charge in [-0.2, -0.15) is 5.10 Å². The number of methoxy groups -OCH3 is 1. The number of rotatable bonds is 7. The monoisotopic (exact) mass is 523 g/mol. The second-order valence-electron chi connectivity index (χ2n) is 7.63. The lowest BCUT2D eigenvalue weighted by atomic mass is 10.1. The molecule has 3 N–H and O–H groups in total. The smallest absolute Gasteiger partial charge is 0.407 e. The zero-order valence-corrected chi connectivity index (χ0v) is 20.3. The van der Waals surface area contributed by atoms with Crippen LogP contribution in [0.4, 0.5) is 4.79 Å². The van der Waals surface area contributed by atoms with Crippen molar-refractivity contribution in [1.82, 2.24) is 30.7 Å². The first kappa shape index (κ1) is 25.4. The van der Waals surface area contributed by atoms with Gasteiger partial charge in [-0.15, -0.1) is 24.0 Å². The third kappa shape index (κ3) is 9.15. The Hall–Kier alpha value is -1.63. The van der Waals surface area contributed by atoms with Gasteiger partial charge in [-0.1, -0.05) is 0 Å². The summed E-state index contributed by atoms with van der Waals surface area (Å²) in [5, 5.41) is 13.9. The van der Waals surface area contributed by atoms with Crippen LogP contribution in [0.3, 0.4) is 0 Å². The van der Waals surface area contributed by atoms with E-state index in [0.29, 0.717) is 25.5 Å². The molecule has 29 heavy (non-hydrogen) atoms. The Morgan fingerprint density at radius 2 is 2.10 bits per heavy atom. The predicted molar refractivity (Wildman–Crippen MR) is 122 cm³/mol. The highest BCUT2D eigenvalue weighted by molar-refractivity contribution is 14.0. The zero-order chi connectivity index (χ0) is 20.6. The Morgan fingerprint density at radius 1 is 1.34 bits per heavy atom. The highest BCUT2D eigenvalue weighted by Crippen LogP contribution is 2.13. The maximum Gasteiger partial charge on any atom is 0.407 e. The molecule has 0 saturated carbocycles. The maximum atomic E-state index is 11.7. The summed E-state index contributed by atoms with van der Waals surface area (Å²) in [5.74, 6) is 2.43. The molecule has 0 bridgehead atoms. The molecule has 1 amide bonds. The molecule has 1 unspecified atom stereocenters. The van der Waals surface area contributed by atoms with Crippen LogP contribution in [0.15, 0.2) is 4.99 Å².